The first kappa shape index (κ1) is 7.23. The summed E-state index contributed by atoms with van der Waals surface area (Å²) >= 11 is 0. The Bertz CT molecular complexity index is 223. The Morgan fingerprint density at radius 1 is 1.08 bits per heavy atom. The average molecular weight is 160 g/mol. The molecule has 0 radical (unpaired) electrons. The quantitative estimate of drug-likeness (QED) is 0.517. The number of hydrogen-bond donors (Lipinski definition) is 0. The van der Waals surface area contributed by atoms with E-state index < -0.39 is 0 Å². The van der Waals surface area contributed by atoms with Gasteiger partial charge in [0, 0.05) is 0 Å². The molecule has 0 aromatic rings. The highest BCUT2D eigenvalue weighted by Gasteiger charge is 2.34. The third-order valence-corrected chi connectivity index (χ3v) is 4.19. The van der Waals surface area contributed by atoms with Crippen LogP contribution in [0.25, 0.3) is 0 Å². The molecule has 1 heteroatoms. The smallest absolute Gasteiger partial charge is 0.102 e. The van der Waals surface area contributed by atoms with E-state index in [-0.39, 0.29) is 0 Å². The predicted molar refractivity (Wildman–Crippen MR) is 53.7 cm³/mol. The summed E-state index contributed by atoms with van der Waals surface area (Å²) in [7, 11) is 1.47. The van der Waals surface area contributed by atoms with Gasteiger partial charge < -0.3 is 0 Å². The Morgan fingerprint density at radius 3 is 2.67 bits per heavy atom. The van der Waals surface area contributed by atoms with Gasteiger partial charge in [0.05, 0.1) is 0 Å². The van der Waals surface area contributed by atoms with Crippen molar-refractivity contribution in [3.05, 3.63) is 11.0 Å². The molecule has 64 valence electrons. The standard InChI is InChI=1S/C11H17B/c1-2-4-8(3-1)10-5-9-6-11(9)12-7-10/h8,10,12H,1-7H2/t10-/m0/s1. The van der Waals surface area contributed by atoms with Crippen LogP contribution in [0.4, 0.5) is 0 Å². The minimum Gasteiger partial charge on any atom is -0.102 e. The fraction of sp³-hybridized carbons (Fsp3) is 0.818. The molecule has 0 N–H and O–H groups in total. The van der Waals surface area contributed by atoms with Gasteiger partial charge in [-0.15, -0.1) is 5.47 Å². The van der Waals surface area contributed by atoms with Gasteiger partial charge in [0.1, 0.15) is 0 Å². The molecule has 0 bridgehead atoms. The van der Waals surface area contributed by atoms with Gasteiger partial charge in [-0.1, -0.05) is 37.6 Å². The lowest BCUT2D eigenvalue weighted by Gasteiger charge is -2.23. The predicted octanol–water partition coefficient (Wildman–Crippen LogP) is 2.71. The highest BCUT2D eigenvalue weighted by Crippen LogP contribution is 2.46. The zero-order valence-corrected chi connectivity index (χ0v) is 7.81. The van der Waals surface area contributed by atoms with Gasteiger partial charge >= 0.3 is 0 Å². The lowest BCUT2D eigenvalue weighted by atomic mass is 9.61. The van der Waals surface area contributed by atoms with Crippen LogP contribution in [0.1, 0.15) is 38.5 Å². The first-order valence-electron chi connectivity index (χ1n) is 5.63. The molecule has 3 aliphatic rings. The van der Waals surface area contributed by atoms with E-state index in [4.69, 9.17) is 0 Å². The van der Waals surface area contributed by atoms with Gasteiger partial charge in [0.15, 0.2) is 7.28 Å². The molecule has 0 unspecified atom stereocenters. The van der Waals surface area contributed by atoms with E-state index in [2.05, 4.69) is 0 Å². The zero-order chi connectivity index (χ0) is 7.97. The molecule has 1 fully saturated rings. The normalized spacial score (nSPS) is 34.8. The van der Waals surface area contributed by atoms with Crippen molar-refractivity contribution in [2.75, 3.05) is 0 Å². The van der Waals surface area contributed by atoms with E-state index in [1.165, 1.54) is 39.3 Å². The Labute approximate surface area is 75.7 Å². The maximum Gasteiger partial charge on any atom is 0.153 e. The van der Waals surface area contributed by atoms with Crippen molar-refractivity contribution >= 4 is 7.28 Å². The second kappa shape index (κ2) is 2.65. The molecule has 0 amide bonds. The summed E-state index contributed by atoms with van der Waals surface area (Å²) in [5, 5.41) is 0. The van der Waals surface area contributed by atoms with E-state index in [9.17, 15) is 0 Å². The Morgan fingerprint density at radius 2 is 1.92 bits per heavy atom. The zero-order valence-electron chi connectivity index (χ0n) is 7.81. The van der Waals surface area contributed by atoms with Gasteiger partial charge in [0.2, 0.25) is 0 Å². The van der Waals surface area contributed by atoms with Crippen LogP contribution in [-0.2, 0) is 0 Å². The van der Waals surface area contributed by atoms with Crippen LogP contribution < -0.4 is 0 Å². The molecule has 0 nitrogen and oxygen atoms in total. The maximum atomic E-state index is 1.86. The van der Waals surface area contributed by atoms with Gasteiger partial charge in [0.25, 0.3) is 0 Å². The van der Waals surface area contributed by atoms with E-state index in [0.29, 0.717) is 0 Å². The minimum absolute atomic E-state index is 1.11. The number of rotatable bonds is 1. The van der Waals surface area contributed by atoms with Crippen LogP contribution >= 0.6 is 0 Å². The van der Waals surface area contributed by atoms with Crippen molar-refractivity contribution in [2.45, 2.75) is 44.8 Å². The van der Waals surface area contributed by atoms with Crippen LogP contribution in [0, 0.1) is 11.8 Å². The average Bonchev–Trinajstić information content (AvgIpc) is 2.66. The molecular weight excluding hydrogens is 143 g/mol. The van der Waals surface area contributed by atoms with Crippen molar-refractivity contribution in [3.8, 4) is 0 Å². The maximum absolute atomic E-state index is 1.86. The fourth-order valence-electron chi connectivity index (χ4n) is 3.30. The monoisotopic (exact) mass is 160 g/mol. The second-order valence-corrected chi connectivity index (χ2v) is 4.93. The summed E-state index contributed by atoms with van der Waals surface area (Å²) in [6.45, 7) is 0. The lowest BCUT2D eigenvalue weighted by molar-refractivity contribution is 0.365. The molecule has 1 aliphatic heterocycles. The van der Waals surface area contributed by atoms with E-state index in [1.807, 2.05) is 11.0 Å². The van der Waals surface area contributed by atoms with Crippen LogP contribution in [0.2, 0.25) is 6.32 Å². The molecule has 1 saturated carbocycles. The van der Waals surface area contributed by atoms with Gasteiger partial charge in [-0.25, -0.2) is 0 Å². The molecule has 1 atom stereocenters. The summed E-state index contributed by atoms with van der Waals surface area (Å²) in [6.07, 6.45) is 10.6. The largest absolute Gasteiger partial charge is 0.153 e. The topological polar surface area (TPSA) is 0 Å². The summed E-state index contributed by atoms with van der Waals surface area (Å²) in [5.41, 5.74) is 3.70. The lowest BCUT2D eigenvalue weighted by Crippen LogP contribution is -2.15. The molecule has 2 aliphatic carbocycles. The van der Waals surface area contributed by atoms with Crippen molar-refractivity contribution in [1.82, 2.24) is 0 Å². The van der Waals surface area contributed by atoms with Crippen LogP contribution in [-0.4, -0.2) is 7.28 Å². The molecule has 0 aromatic carbocycles. The van der Waals surface area contributed by atoms with Crippen LogP contribution in [0.5, 0.6) is 0 Å². The summed E-state index contributed by atoms with van der Waals surface area (Å²) < 4.78 is 0. The molecule has 0 saturated heterocycles. The number of allylic oxidation sites excluding steroid dienone is 2. The van der Waals surface area contributed by atoms with Gasteiger partial charge in [-0.2, -0.15) is 0 Å². The molecule has 12 heavy (non-hydrogen) atoms. The third-order valence-electron chi connectivity index (χ3n) is 4.19. The molecule has 3 rings (SSSR count). The number of hydrogen-bond acceptors (Lipinski definition) is 0. The summed E-state index contributed by atoms with van der Waals surface area (Å²) in [4.78, 5) is 0. The summed E-state index contributed by atoms with van der Waals surface area (Å²) in [6, 6.07) is 0. The van der Waals surface area contributed by atoms with E-state index in [0.717, 1.165) is 11.8 Å². The van der Waals surface area contributed by atoms with E-state index >= 15 is 0 Å². The SMILES string of the molecule is B1C[C@@H](C2CCCC2)CC2=C1C2. The third kappa shape index (κ3) is 1.14. The van der Waals surface area contributed by atoms with Crippen LogP contribution in [0.3, 0.4) is 0 Å². The van der Waals surface area contributed by atoms with E-state index in [1.54, 1.807) is 12.8 Å². The van der Waals surface area contributed by atoms with Crippen molar-refractivity contribution in [1.29, 1.82) is 0 Å². The van der Waals surface area contributed by atoms with Crippen LogP contribution in [0.15, 0.2) is 11.0 Å². The first-order valence-corrected chi connectivity index (χ1v) is 5.63. The van der Waals surface area contributed by atoms with Crippen molar-refractivity contribution in [2.24, 2.45) is 11.8 Å². The van der Waals surface area contributed by atoms with Crippen molar-refractivity contribution < 1.29 is 0 Å². The Balaban J connectivity index is 1.65. The Hall–Kier alpha value is -0.195. The molecule has 0 spiro atoms. The molecule has 1 heterocycles. The van der Waals surface area contributed by atoms with Gasteiger partial charge in [-0.3, -0.25) is 0 Å². The fourth-order valence-corrected chi connectivity index (χ4v) is 3.30. The van der Waals surface area contributed by atoms with Gasteiger partial charge in [-0.05, 0) is 24.7 Å². The Kier molecular flexibility index (Phi) is 1.60. The minimum atomic E-state index is 1.11. The van der Waals surface area contributed by atoms with Crippen molar-refractivity contribution in [3.63, 3.8) is 0 Å². The molecule has 0 aromatic heterocycles. The highest BCUT2D eigenvalue weighted by atomic mass is 14.3. The second-order valence-electron chi connectivity index (χ2n) is 4.93. The molecular formula is C11H17B. The first-order chi connectivity index (χ1) is 5.93. The summed E-state index contributed by atoms with van der Waals surface area (Å²) in [5.74, 6) is 2.23. The highest BCUT2D eigenvalue weighted by molar-refractivity contribution is 6.48.